The van der Waals surface area contributed by atoms with Crippen molar-refractivity contribution in [3.8, 4) is 17.1 Å². The fourth-order valence-corrected chi connectivity index (χ4v) is 3.38. The van der Waals surface area contributed by atoms with Crippen LogP contribution in [0.4, 0.5) is 0 Å². The van der Waals surface area contributed by atoms with Gasteiger partial charge in [0.1, 0.15) is 11.6 Å². The van der Waals surface area contributed by atoms with Gasteiger partial charge < -0.3 is 9.64 Å². The zero-order chi connectivity index (χ0) is 19.0. The van der Waals surface area contributed by atoms with E-state index in [0.29, 0.717) is 30.2 Å². The van der Waals surface area contributed by atoms with Crippen LogP contribution in [0.5, 0.6) is 5.75 Å². The molecule has 0 saturated heterocycles. The molecule has 3 aromatic rings. The van der Waals surface area contributed by atoms with E-state index in [-0.39, 0.29) is 11.9 Å². The van der Waals surface area contributed by atoms with Gasteiger partial charge in [-0.1, -0.05) is 30.3 Å². The number of pyridine rings is 1. The first-order chi connectivity index (χ1) is 13.1. The molecule has 1 aromatic carbocycles. The lowest BCUT2D eigenvalue weighted by Gasteiger charge is -2.33. The van der Waals surface area contributed by atoms with Crippen molar-refractivity contribution in [3.63, 3.8) is 0 Å². The van der Waals surface area contributed by atoms with Gasteiger partial charge in [-0.15, -0.1) is 0 Å². The molecule has 27 heavy (non-hydrogen) atoms. The van der Waals surface area contributed by atoms with E-state index >= 15 is 0 Å². The molecule has 0 aliphatic carbocycles. The van der Waals surface area contributed by atoms with Gasteiger partial charge >= 0.3 is 0 Å². The lowest BCUT2D eigenvalue weighted by atomic mass is 10.1. The molecule has 0 radical (unpaired) electrons. The molecule has 1 aliphatic rings. The first-order valence-corrected chi connectivity index (χ1v) is 8.90. The summed E-state index contributed by atoms with van der Waals surface area (Å²) in [6.45, 7) is 5.01. The van der Waals surface area contributed by atoms with Crippen molar-refractivity contribution in [1.29, 1.82) is 0 Å². The molecule has 1 aliphatic heterocycles. The number of aromatic nitrogens is 4. The summed E-state index contributed by atoms with van der Waals surface area (Å²) in [5.41, 5.74) is 2.27. The van der Waals surface area contributed by atoms with Crippen molar-refractivity contribution < 1.29 is 9.53 Å². The molecule has 0 saturated carbocycles. The zero-order valence-electron chi connectivity index (χ0n) is 15.6. The van der Waals surface area contributed by atoms with Crippen LogP contribution < -0.4 is 4.74 Å². The van der Waals surface area contributed by atoms with Gasteiger partial charge in [0.25, 0.3) is 5.91 Å². The minimum Gasteiger partial charge on any atom is -0.494 e. The molecule has 2 aromatic heterocycles. The summed E-state index contributed by atoms with van der Waals surface area (Å²) in [6.07, 6.45) is 1.59. The average Bonchev–Trinajstić information content (AvgIpc) is 3.14. The molecule has 7 nitrogen and oxygen atoms in total. The molecule has 0 spiro atoms. The quantitative estimate of drug-likeness (QED) is 0.715. The topological polar surface area (TPSA) is 73.1 Å². The summed E-state index contributed by atoms with van der Waals surface area (Å²) in [7, 11) is 1.55. The summed E-state index contributed by atoms with van der Waals surface area (Å²) in [5, 5.41) is 4.62. The number of rotatable bonds is 3. The number of ether oxygens (including phenoxy) is 1. The Bertz CT molecular complexity index is 983. The number of nitrogens with zero attached hydrogens (tertiary/aromatic N) is 5. The number of hydrogen-bond donors (Lipinski definition) is 0. The Morgan fingerprint density at radius 2 is 2.00 bits per heavy atom. The third-order valence-corrected chi connectivity index (χ3v) is 4.84. The first kappa shape index (κ1) is 17.2. The largest absolute Gasteiger partial charge is 0.494 e. The molecule has 4 rings (SSSR count). The second kappa shape index (κ2) is 6.83. The predicted molar refractivity (Wildman–Crippen MR) is 100 cm³/mol. The normalized spacial score (nSPS) is 16.1. The number of fused-ring (bicyclic) bond motifs is 1. The van der Waals surface area contributed by atoms with Gasteiger partial charge in [-0.3, -0.25) is 9.78 Å². The van der Waals surface area contributed by atoms with E-state index in [9.17, 15) is 4.79 Å². The summed E-state index contributed by atoms with van der Waals surface area (Å²) in [4.78, 5) is 23.9. The molecule has 0 bridgehead atoms. The highest BCUT2D eigenvalue weighted by molar-refractivity contribution is 5.97. The van der Waals surface area contributed by atoms with Crippen LogP contribution in [0.3, 0.4) is 0 Å². The van der Waals surface area contributed by atoms with Crippen molar-refractivity contribution in [3.05, 3.63) is 59.7 Å². The molecule has 138 valence electrons. The molecule has 0 N–H and O–H groups in total. The third-order valence-electron chi connectivity index (χ3n) is 4.84. The van der Waals surface area contributed by atoms with Crippen molar-refractivity contribution in [2.24, 2.45) is 0 Å². The molecular weight excluding hydrogens is 342 g/mol. The number of carbonyl (C=O) groups is 1. The van der Waals surface area contributed by atoms with E-state index in [1.165, 1.54) is 0 Å². The Morgan fingerprint density at radius 1 is 1.22 bits per heavy atom. The zero-order valence-corrected chi connectivity index (χ0v) is 15.6. The van der Waals surface area contributed by atoms with Gasteiger partial charge in [-0.2, -0.15) is 5.10 Å². The SMILES string of the molecule is COc1cnc(C)cc1C(=O)N1CCn2nc(-c3ccccc3)nc2[C@@H]1C. The monoisotopic (exact) mass is 363 g/mol. The third kappa shape index (κ3) is 3.05. The maximum Gasteiger partial charge on any atom is 0.258 e. The summed E-state index contributed by atoms with van der Waals surface area (Å²) < 4.78 is 7.23. The number of aryl methyl sites for hydroxylation is 1. The Morgan fingerprint density at radius 3 is 2.74 bits per heavy atom. The minimum absolute atomic E-state index is 0.0830. The van der Waals surface area contributed by atoms with Crippen LogP contribution in [0.15, 0.2) is 42.6 Å². The van der Waals surface area contributed by atoms with Gasteiger partial charge in [0.05, 0.1) is 31.5 Å². The van der Waals surface area contributed by atoms with Crippen molar-refractivity contribution in [2.45, 2.75) is 26.4 Å². The molecule has 1 atom stereocenters. The van der Waals surface area contributed by atoms with Gasteiger partial charge in [0, 0.05) is 17.8 Å². The van der Waals surface area contributed by atoms with E-state index in [0.717, 1.165) is 17.1 Å². The van der Waals surface area contributed by atoms with E-state index in [1.807, 2.05) is 53.8 Å². The van der Waals surface area contributed by atoms with Crippen LogP contribution in [0.1, 0.15) is 34.8 Å². The standard InChI is InChI=1S/C20H21N5O2/c1-13-11-16(17(27-3)12-21-13)20(26)24-9-10-25-19(14(24)2)22-18(23-25)15-7-5-4-6-8-15/h4-8,11-12,14H,9-10H2,1-3H3/t14-/m0/s1. The maximum absolute atomic E-state index is 13.2. The number of carbonyl (C=O) groups excluding carboxylic acids is 1. The second-order valence-corrected chi connectivity index (χ2v) is 6.58. The van der Waals surface area contributed by atoms with Crippen LogP contribution in [0.2, 0.25) is 0 Å². The highest BCUT2D eigenvalue weighted by Gasteiger charge is 2.32. The lowest BCUT2D eigenvalue weighted by Crippen LogP contribution is -2.41. The number of amides is 1. The molecular formula is C20H21N5O2. The average molecular weight is 363 g/mol. The molecule has 0 unspecified atom stereocenters. The van der Waals surface area contributed by atoms with E-state index in [4.69, 9.17) is 9.72 Å². The molecule has 0 fully saturated rings. The van der Waals surface area contributed by atoms with Gasteiger partial charge in [0.2, 0.25) is 0 Å². The summed E-state index contributed by atoms with van der Waals surface area (Å²) in [5.74, 6) is 1.87. The fourth-order valence-electron chi connectivity index (χ4n) is 3.38. The van der Waals surface area contributed by atoms with Gasteiger partial charge in [-0.25, -0.2) is 9.67 Å². The first-order valence-electron chi connectivity index (χ1n) is 8.90. The Kier molecular flexibility index (Phi) is 4.35. The number of hydrogen-bond acceptors (Lipinski definition) is 5. The van der Waals surface area contributed by atoms with E-state index in [1.54, 1.807) is 19.4 Å². The molecule has 3 heterocycles. The van der Waals surface area contributed by atoms with E-state index in [2.05, 4.69) is 10.1 Å². The van der Waals surface area contributed by atoms with Crippen LogP contribution in [0.25, 0.3) is 11.4 Å². The van der Waals surface area contributed by atoms with Crippen molar-refractivity contribution in [2.75, 3.05) is 13.7 Å². The van der Waals surface area contributed by atoms with Crippen LogP contribution in [-0.4, -0.2) is 44.2 Å². The molecule has 1 amide bonds. The smallest absolute Gasteiger partial charge is 0.258 e. The predicted octanol–water partition coefficient (Wildman–Crippen LogP) is 2.87. The lowest BCUT2D eigenvalue weighted by molar-refractivity contribution is 0.0627. The van der Waals surface area contributed by atoms with Gasteiger partial charge in [-0.05, 0) is 19.9 Å². The highest BCUT2D eigenvalue weighted by atomic mass is 16.5. The molecule has 7 heteroatoms. The maximum atomic E-state index is 13.2. The van der Waals surface area contributed by atoms with Crippen LogP contribution in [-0.2, 0) is 6.54 Å². The summed E-state index contributed by atoms with van der Waals surface area (Å²) in [6, 6.07) is 11.4. The van der Waals surface area contributed by atoms with Crippen LogP contribution in [0, 0.1) is 6.92 Å². The number of benzene rings is 1. The van der Waals surface area contributed by atoms with E-state index < -0.39 is 0 Å². The Hall–Kier alpha value is -3.22. The second-order valence-electron chi connectivity index (χ2n) is 6.58. The van der Waals surface area contributed by atoms with Crippen molar-refractivity contribution >= 4 is 5.91 Å². The number of methoxy groups -OCH3 is 1. The summed E-state index contributed by atoms with van der Waals surface area (Å²) >= 11 is 0. The Balaban J connectivity index is 1.66. The van der Waals surface area contributed by atoms with Gasteiger partial charge in [0.15, 0.2) is 5.82 Å². The highest BCUT2D eigenvalue weighted by Crippen LogP contribution is 2.29. The fraction of sp³-hybridized carbons (Fsp3) is 0.300. The minimum atomic E-state index is -0.186. The van der Waals surface area contributed by atoms with Crippen LogP contribution >= 0.6 is 0 Å². The Labute approximate surface area is 157 Å². The van der Waals surface area contributed by atoms with Crippen molar-refractivity contribution in [1.82, 2.24) is 24.6 Å².